The zero-order valence-corrected chi connectivity index (χ0v) is 26.5. The summed E-state index contributed by atoms with van der Waals surface area (Å²) < 4.78 is 0. The molecule has 0 aliphatic rings. The molecule has 6 aromatic rings. The fourth-order valence-electron chi connectivity index (χ4n) is 2.05. The molecule has 6 rings (SSSR count). The van der Waals surface area contributed by atoms with Crippen molar-refractivity contribution >= 4 is 24.8 Å². The molecule has 0 aliphatic carbocycles. The molecule has 0 saturated carbocycles. The van der Waals surface area contributed by atoms with E-state index in [2.05, 4.69) is 36.4 Å². The first kappa shape index (κ1) is 44.3. The van der Waals surface area contributed by atoms with Gasteiger partial charge in [-0.3, -0.25) is 0 Å². The van der Waals surface area contributed by atoms with E-state index in [1.54, 1.807) is 0 Å². The Balaban J connectivity index is -0.000000191. The number of benzene rings is 6. The fourth-order valence-corrected chi connectivity index (χ4v) is 2.05. The fraction of sp³-hybridized carbons (Fsp3) is 0. The van der Waals surface area contributed by atoms with Gasteiger partial charge in [-0.1, -0.05) is 0 Å². The molecule has 0 aromatic heterocycles. The van der Waals surface area contributed by atoms with E-state index in [-0.39, 0.29) is 65.7 Å². The Labute approximate surface area is 282 Å². The third kappa shape index (κ3) is 37.4. The Kier molecular flexibility index (Phi) is 45.0. The van der Waals surface area contributed by atoms with Crippen molar-refractivity contribution in [3.05, 3.63) is 218 Å². The van der Waals surface area contributed by atoms with Crippen LogP contribution in [0.4, 0.5) is 0 Å². The van der Waals surface area contributed by atoms with Crippen molar-refractivity contribution in [3.63, 3.8) is 0 Å². The van der Waals surface area contributed by atoms with E-state index in [4.69, 9.17) is 0 Å². The van der Waals surface area contributed by atoms with Crippen LogP contribution in [0.15, 0.2) is 182 Å². The molecule has 0 atom stereocenters. The second-order valence-electron chi connectivity index (χ2n) is 6.46. The van der Waals surface area contributed by atoms with Crippen LogP contribution >= 0.6 is 24.8 Å². The van der Waals surface area contributed by atoms with Gasteiger partial charge in [0.25, 0.3) is 0 Å². The van der Waals surface area contributed by atoms with Gasteiger partial charge in [-0.25, -0.2) is 0 Å². The van der Waals surface area contributed by atoms with Crippen LogP contribution < -0.4 is 0 Å². The van der Waals surface area contributed by atoms with Crippen LogP contribution in [0.1, 0.15) is 0 Å². The third-order valence-corrected chi connectivity index (χ3v) is 3.64. The van der Waals surface area contributed by atoms with Crippen LogP contribution in [0.5, 0.6) is 0 Å². The van der Waals surface area contributed by atoms with E-state index >= 15 is 0 Å². The summed E-state index contributed by atoms with van der Waals surface area (Å²) >= 11 is 0. The van der Waals surface area contributed by atoms with Gasteiger partial charge in [0.2, 0.25) is 0 Å². The molecule has 0 fully saturated rings. The number of hydrogen-bond donors (Lipinski definition) is 0. The van der Waals surface area contributed by atoms with Crippen LogP contribution in [-0.4, -0.2) is 0 Å². The normalized spacial score (nSPS) is 7.20. The Morgan fingerprint density at radius 3 is 0.300 bits per heavy atom. The summed E-state index contributed by atoms with van der Waals surface area (Å²) in [4.78, 5) is 0. The first-order valence-corrected chi connectivity index (χ1v) is 11.5. The second kappa shape index (κ2) is 40.7. The largest absolute Gasteiger partial charge is 0.184 e. The summed E-state index contributed by atoms with van der Waals surface area (Å²) in [5.74, 6) is 0. The molecule has 0 unspecified atom stereocenters. The van der Waals surface area contributed by atoms with Crippen molar-refractivity contribution in [1.82, 2.24) is 0 Å². The Morgan fingerprint density at radius 2 is 0.275 bits per heavy atom. The molecular formula is C36H32Cl2Pd2-6. The van der Waals surface area contributed by atoms with Crippen LogP contribution in [0.25, 0.3) is 0 Å². The Morgan fingerprint density at radius 1 is 0.175 bits per heavy atom. The van der Waals surface area contributed by atoms with Gasteiger partial charge in [0.1, 0.15) is 0 Å². The maximum Gasteiger partial charge on any atom is 0 e. The average Bonchev–Trinajstić information content (AvgIpc) is 3.04. The van der Waals surface area contributed by atoms with Crippen molar-refractivity contribution in [2.75, 3.05) is 0 Å². The first-order chi connectivity index (χ1) is 18.0. The maximum absolute atomic E-state index is 2.89. The van der Waals surface area contributed by atoms with Crippen LogP contribution in [-0.2, 0) is 40.8 Å². The van der Waals surface area contributed by atoms with Gasteiger partial charge < -0.3 is 0 Å². The first-order valence-electron chi connectivity index (χ1n) is 11.5. The van der Waals surface area contributed by atoms with Crippen molar-refractivity contribution in [3.8, 4) is 0 Å². The molecule has 0 radical (unpaired) electrons. The van der Waals surface area contributed by atoms with E-state index in [9.17, 15) is 0 Å². The minimum absolute atomic E-state index is 0. The van der Waals surface area contributed by atoms with Crippen LogP contribution in [0.2, 0.25) is 0 Å². The van der Waals surface area contributed by atoms with E-state index in [1.165, 1.54) is 0 Å². The van der Waals surface area contributed by atoms with Crippen molar-refractivity contribution in [2.45, 2.75) is 0 Å². The molecule has 4 heteroatoms. The van der Waals surface area contributed by atoms with E-state index in [0.29, 0.717) is 0 Å². The molecule has 0 saturated heterocycles. The Bertz CT molecular complexity index is 699. The number of hydrogen-bond acceptors (Lipinski definition) is 0. The summed E-state index contributed by atoms with van der Waals surface area (Å²) in [6.45, 7) is 0. The van der Waals surface area contributed by atoms with Gasteiger partial charge in [0.05, 0.1) is 0 Å². The zero-order valence-electron chi connectivity index (χ0n) is 21.8. The van der Waals surface area contributed by atoms with E-state index in [1.807, 2.05) is 182 Å². The van der Waals surface area contributed by atoms with Crippen molar-refractivity contribution < 1.29 is 40.8 Å². The summed E-state index contributed by atoms with van der Waals surface area (Å²) in [5, 5.41) is 0. The topological polar surface area (TPSA) is 0 Å². The smallest absolute Gasteiger partial charge is 0 e. The minimum atomic E-state index is 0. The van der Waals surface area contributed by atoms with Crippen LogP contribution in [0.3, 0.4) is 0 Å². The molecule has 216 valence electrons. The van der Waals surface area contributed by atoms with Crippen molar-refractivity contribution in [1.29, 1.82) is 0 Å². The number of rotatable bonds is 0. The molecular weight excluding hydrogens is 716 g/mol. The molecule has 0 bridgehead atoms. The molecule has 0 spiro atoms. The quantitative estimate of drug-likeness (QED) is 0.107. The maximum atomic E-state index is 2.89. The Hall–Kier alpha value is -2.78. The predicted octanol–water partition coefficient (Wildman–Crippen LogP) is 9.76. The molecule has 0 aliphatic heterocycles. The second-order valence-corrected chi connectivity index (χ2v) is 6.46. The standard InChI is InChI=1S/6C6H5.2ClH.2Pd/c6*1-2-4-6-5-3-1;;;;/h6*1-5H;2*1H;;/q6*-1;;;;. The van der Waals surface area contributed by atoms with Gasteiger partial charge in [-0.05, 0) is 0 Å². The van der Waals surface area contributed by atoms with Crippen LogP contribution in [0, 0.1) is 36.4 Å². The number of halogens is 2. The van der Waals surface area contributed by atoms with Crippen molar-refractivity contribution in [2.24, 2.45) is 0 Å². The predicted molar refractivity (Wildman–Crippen MR) is 166 cm³/mol. The molecule has 6 aromatic carbocycles. The summed E-state index contributed by atoms with van der Waals surface area (Å²) in [6.07, 6.45) is 0. The van der Waals surface area contributed by atoms with Gasteiger partial charge >= 0.3 is 0 Å². The monoisotopic (exact) mass is 746 g/mol. The molecule has 0 nitrogen and oxygen atoms in total. The van der Waals surface area contributed by atoms with E-state index < -0.39 is 0 Å². The average molecular weight is 748 g/mol. The molecule has 0 heterocycles. The SMILES string of the molecule is Cl.Cl.[Pd].[Pd].[c-]1ccccc1.[c-]1ccccc1.[c-]1ccccc1.[c-]1ccccc1.[c-]1ccccc1.[c-]1ccccc1. The van der Waals surface area contributed by atoms with Gasteiger partial charge in [-0.15, -0.1) is 24.8 Å². The molecule has 0 N–H and O–H groups in total. The summed E-state index contributed by atoms with van der Waals surface area (Å²) in [6, 6.07) is 75.0. The van der Waals surface area contributed by atoms with Gasteiger partial charge in [0, 0.05) is 40.8 Å². The van der Waals surface area contributed by atoms with Gasteiger partial charge in [-0.2, -0.15) is 218 Å². The summed E-state index contributed by atoms with van der Waals surface area (Å²) in [5.41, 5.74) is 0. The summed E-state index contributed by atoms with van der Waals surface area (Å²) in [7, 11) is 0. The third-order valence-electron chi connectivity index (χ3n) is 3.64. The molecule has 40 heavy (non-hydrogen) atoms. The van der Waals surface area contributed by atoms with E-state index in [0.717, 1.165) is 0 Å². The minimum Gasteiger partial charge on any atom is -0.184 e. The zero-order chi connectivity index (χ0) is 25.5. The molecule has 0 amide bonds. The van der Waals surface area contributed by atoms with Gasteiger partial charge in [0.15, 0.2) is 0 Å².